The van der Waals surface area contributed by atoms with Crippen LogP contribution in [0.25, 0.3) is 0 Å². The van der Waals surface area contributed by atoms with Crippen LogP contribution < -0.4 is 0 Å². The lowest BCUT2D eigenvalue weighted by Crippen LogP contribution is -2.35. The number of aryl methyl sites for hydroxylation is 1. The summed E-state index contributed by atoms with van der Waals surface area (Å²) in [6.45, 7) is 6.88. The van der Waals surface area contributed by atoms with Gasteiger partial charge in [-0.1, -0.05) is 19.3 Å². The van der Waals surface area contributed by atoms with E-state index in [2.05, 4.69) is 14.9 Å². The van der Waals surface area contributed by atoms with E-state index >= 15 is 0 Å². The Morgan fingerprint density at radius 1 is 1.26 bits per heavy atom. The second-order valence-electron chi connectivity index (χ2n) is 5.90. The van der Waals surface area contributed by atoms with Crippen LogP contribution in [0, 0.1) is 18.8 Å². The maximum Gasteiger partial charge on any atom is 0.125 e. The molecule has 19 heavy (non-hydrogen) atoms. The van der Waals surface area contributed by atoms with Crippen LogP contribution in [0.15, 0.2) is 12.4 Å². The van der Waals surface area contributed by atoms with Crippen LogP contribution in [0.4, 0.5) is 0 Å². The van der Waals surface area contributed by atoms with E-state index in [1.54, 1.807) is 0 Å². The Kier molecular flexibility index (Phi) is 4.09. The quantitative estimate of drug-likeness (QED) is 0.834. The fourth-order valence-electron chi connectivity index (χ4n) is 3.00. The van der Waals surface area contributed by atoms with E-state index in [9.17, 15) is 0 Å². The monoisotopic (exact) mass is 261 g/mol. The van der Waals surface area contributed by atoms with Crippen molar-refractivity contribution in [2.75, 3.05) is 26.3 Å². The molecule has 1 aliphatic heterocycles. The summed E-state index contributed by atoms with van der Waals surface area (Å²) in [6, 6.07) is 0. The molecule has 2 aliphatic rings. The summed E-state index contributed by atoms with van der Waals surface area (Å²) < 4.78 is 5.78. The summed E-state index contributed by atoms with van der Waals surface area (Å²) in [6.07, 6.45) is 8.11. The molecule has 0 amide bonds. The van der Waals surface area contributed by atoms with Crippen molar-refractivity contribution in [1.29, 1.82) is 0 Å². The highest BCUT2D eigenvalue weighted by atomic mass is 16.5. The molecule has 0 bridgehead atoms. The smallest absolute Gasteiger partial charge is 0.125 e. The molecule has 4 nitrogen and oxygen atoms in total. The van der Waals surface area contributed by atoms with Crippen molar-refractivity contribution in [2.24, 2.45) is 11.8 Å². The van der Waals surface area contributed by atoms with E-state index in [0.29, 0.717) is 0 Å². The third-order valence-electron chi connectivity index (χ3n) is 4.43. The molecule has 0 unspecified atom stereocenters. The molecule has 1 aliphatic carbocycles. The lowest BCUT2D eigenvalue weighted by atomic mass is 9.76. The summed E-state index contributed by atoms with van der Waals surface area (Å²) in [5, 5.41) is 0. The number of aromatic nitrogens is 2. The van der Waals surface area contributed by atoms with Gasteiger partial charge >= 0.3 is 0 Å². The molecule has 0 radical (unpaired) electrons. The SMILES string of the molecule is Cc1ncc(CN2CCOC[C@@H](C3CCC3)C2)cn1. The minimum Gasteiger partial charge on any atom is -0.380 e. The van der Waals surface area contributed by atoms with Crippen molar-refractivity contribution in [3.8, 4) is 0 Å². The molecule has 2 fully saturated rings. The number of nitrogens with zero attached hydrogens (tertiary/aromatic N) is 3. The van der Waals surface area contributed by atoms with Crippen molar-refractivity contribution in [1.82, 2.24) is 14.9 Å². The van der Waals surface area contributed by atoms with E-state index in [0.717, 1.165) is 44.0 Å². The van der Waals surface area contributed by atoms with Crippen molar-refractivity contribution < 1.29 is 4.74 Å². The first-order valence-corrected chi connectivity index (χ1v) is 7.39. The van der Waals surface area contributed by atoms with Gasteiger partial charge in [-0.15, -0.1) is 0 Å². The van der Waals surface area contributed by atoms with Crippen molar-refractivity contribution in [2.45, 2.75) is 32.7 Å². The van der Waals surface area contributed by atoms with E-state index in [-0.39, 0.29) is 0 Å². The number of rotatable bonds is 3. The molecular weight excluding hydrogens is 238 g/mol. The van der Waals surface area contributed by atoms with Crippen LogP contribution in [0.2, 0.25) is 0 Å². The molecule has 1 aromatic rings. The number of hydrogen-bond acceptors (Lipinski definition) is 4. The van der Waals surface area contributed by atoms with E-state index < -0.39 is 0 Å². The molecule has 0 spiro atoms. The van der Waals surface area contributed by atoms with Gasteiger partial charge in [0.1, 0.15) is 5.82 Å². The highest BCUT2D eigenvalue weighted by Crippen LogP contribution is 2.34. The fourth-order valence-corrected chi connectivity index (χ4v) is 3.00. The maximum absolute atomic E-state index is 5.78. The van der Waals surface area contributed by atoms with Gasteiger partial charge in [-0.2, -0.15) is 0 Å². The Hall–Kier alpha value is -1.00. The lowest BCUT2D eigenvalue weighted by molar-refractivity contribution is 0.0769. The molecule has 4 heteroatoms. The Balaban J connectivity index is 1.60. The zero-order valence-electron chi connectivity index (χ0n) is 11.7. The van der Waals surface area contributed by atoms with Gasteiger partial charge in [-0.25, -0.2) is 9.97 Å². The largest absolute Gasteiger partial charge is 0.380 e. The van der Waals surface area contributed by atoms with Gasteiger partial charge in [0.25, 0.3) is 0 Å². The molecule has 1 atom stereocenters. The van der Waals surface area contributed by atoms with Gasteiger partial charge in [0.15, 0.2) is 0 Å². The fraction of sp³-hybridized carbons (Fsp3) is 0.733. The van der Waals surface area contributed by atoms with E-state index in [1.165, 1.54) is 31.4 Å². The van der Waals surface area contributed by atoms with Crippen LogP contribution in [0.3, 0.4) is 0 Å². The first-order chi connectivity index (χ1) is 9.31. The van der Waals surface area contributed by atoms with Crippen LogP contribution in [-0.2, 0) is 11.3 Å². The molecule has 1 aromatic heterocycles. The Labute approximate surface area is 115 Å². The second kappa shape index (κ2) is 5.97. The molecule has 3 rings (SSSR count). The van der Waals surface area contributed by atoms with Crippen LogP contribution in [-0.4, -0.2) is 41.2 Å². The predicted molar refractivity (Wildman–Crippen MR) is 73.7 cm³/mol. The highest BCUT2D eigenvalue weighted by molar-refractivity contribution is 5.04. The highest BCUT2D eigenvalue weighted by Gasteiger charge is 2.30. The molecule has 0 aromatic carbocycles. The summed E-state index contributed by atoms with van der Waals surface area (Å²) in [4.78, 5) is 11.1. The molecule has 1 saturated heterocycles. The third kappa shape index (κ3) is 3.31. The zero-order valence-corrected chi connectivity index (χ0v) is 11.7. The first kappa shape index (κ1) is 13.0. The minimum absolute atomic E-state index is 0.725. The summed E-state index contributed by atoms with van der Waals surface area (Å²) >= 11 is 0. The summed E-state index contributed by atoms with van der Waals surface area (Å²) in [5.74, 6) is 2.47. The van der Waals surface area contributed by atoms with E-state index in [1.807, 2.05) is 19.3 Å². The van der Waals surface area contributed by atoms with Gasteiger partial charge in [0.2, 0.25) is 0 Å². The normalized spacial score (nSPS) is 25.8. The maximum atomic E-state index is 5.78. The molecule has 2 heterocycles. The average Bonchev–Trinajstić information content (AvgIpc) is 2.56. The average molecular weight is 261 g/mol. The Morgan fingerprint density at radius 3 is 2.74 bits per heavy atom. The van der Waals surface area contributed by atoms with Gasteiger partial charge in [-0.3, -0.25) is 4.90 Å². The van der Waals surface area contributed by atoms with Crippen molar-refractivity contribution >= 4 is 0 Å². The number of hydrogen-bond donors (Lipinski definition) is 0. The Morgan fingerprint density at radius 2 is 2.05 bits per heavy atom. The lowest BCUT2D eigenvalue weighted by Gasteiger charge is -2.34. The zero-order chi connectivity index (χ0) is 13.1. The molecule has 104 valence electrons. The molecule has 0 N–H and O–H groups in total. The Bertz CT molecular complexity index is 402. The summed E-state index contributed by atoms with van der Waals surface area (Å²) in [7, 11) is 0. The predicted octanol–water partition coefficient (Wildman–Crippen LogP) is 2.03. The summed E-state index contributed by atoms with van der Waals surface area (Å²) in [5.41, 5.74) is 1.21. The number of ether oxygens (including phenoxy) is 1. The van der Waals surface area contributed by atoms with Crippen LogP contribution >= 0.6 is 0 Å². The van der Waals surface area contributed by atoms with Gasteiger partial charge in [0, 0.05) is 37.6 Å². The van der Waals surface area contributed by atoms with Gasteiger partial charge < -0.3 is 4.74 Å². The first-order valence-electron chi connectivity index (χ1n) is 7.39. The topological polar surface area (TPSA) is 38.2 Å². The van der Waals surface area contributed by atoms with Crippen LogP contribution in [0.5, 0.6) is 0 Å². The minimum atomic E-state index is 0.725. The van der Waals surface area contributed by atoms with Crippen molar-refractivity contribution in [3.05, 3.63) is 23.8 Å². The molecule has 1 saturated carbocycles. The standard InChI is InChI=1S/C15H23N3O/c1-12-16-7-13(8-17-12)9-18-5-6-19-11-15(10-18)14-3-2-4-14/h7-8,14-15H,2-6,9-11H2,1H3/t15-/m0/s1. The van der Waals surface area contributed by atoms with Gasteiger partial charge in [0.05, 0.1) is 13.2 Å². The van der Waals surface area contributed by atoms with Crippen LogP contribution in [0.1, 0.15) is 30.7 Å². The van der Waals surface area contributed by atoms with E-state index in [4.69, 9.17) is 4.74 Å². The van der Waals surface area contributed by atoms with Crippen molar-refractivity contribution in [3.63, 3.8) is 0 Å². The van der Waals surface area contributed by atoms with Gasteiger partial charge in [-0.05, 0) is 18.8 Å². The second-order valence-corrected chi connectivity index (χ2v) is 5.90. The molecular formula is C15H23N3O. The third-order valence-corrected chi connectivity index (χ3v) is 4.43.